The van der Waals surface area contributed by atoms with Crippen molar-refractivity contribution in [2.45, 2.75) is 44.7 Å². The summed E-state index contributed by atoms with van der Waals surface area (Å²) in [5.74, 6) is -2.05. The molecule has 4 amide bonds. The molecule has 63 heavy (non-hydrogen) atoms. The SMILES string of the molecule is CCN(C)S(=O)(=O)Nc1cccc(C(=O)c2c[nH]c3ncc(-c4ccc(N5CCN(C(=O)NC6CCN(c7ccc(NC8CCC(=O)NC8=O)cc7F)CC6)CC5)nc4)cc23)c1F. The largest absolute Gasteiger partial charge is 0.374 e. The third-order valence-electron chi connectivity index (χ3n) is 11.8. The standard InChI is InChI=1S/C43H47F2N11O6S/c1-3-53(2)63(61,62)52-34-6-4-5-30(39(34)45)40(58)32-25-48-41-31(32)21-27(24-47-41)26-7-11-37(46-23-26)55-17-19-56(20-18-55)43(60)50-28-13-15-54(16-14-28)36-10-8-29(22-33(36)44)49-35-9-12-38(57)51-42(35)59/h4-8,10-11,21-25,28,35,49,52H,3,9,12-20H2,1-2H3,(H,47,48)(H,50,60)(H,51,57,59). The van der Waals surface area contributed by atoms with Crippen LogP contribution in [0.15, 0.2) is 73.2 Å². The lowest BCUT2D eigenvalue weighted by atomic mass is 10.0. The molecule has 2 aromatic carbocycles. The van der Waals surface area contributed by atoms with E-state index in [0.29, 0.717) is 86.5 Å². The first-order valence-corrected chi connectivity index (χ1v) is 22.2. The number of pyridine rings is 2. The Labute approximate surface area is 362 Å². The summed E-state index contributed by atoms with van der Waals surface area (Å²) >= 11 is 0. The van der Waals surface area contributed by atoms with E-state index < -0.39 is 39.6 Å². The number of carbonyl (C=O) groups excluding carboxylic acids is 4. The first-order valence-electron chi connectivity index (χ1n) is 20.7. The maximum absolute atomic E-state index is 15.6. The van der Waals surface area contributed by atoms with Crippen molar-refractivity contribution in [3.05, 3.63) is 95.9 Å². The fraction of sp³-hybridized carbons (Fsp3) is 0.349. The Morgan fingerprint density at radius 1 is 0.889 bits per heavy atom. The minimum Gasteiger partial charge on any atom is -0.374 e. The zero-order chi connectivity index (χ0) is 44.4. The van der Waals surface area contributed by atoms with Gasteiger partial charge in [-0.25, -0.2) is 23.5 Å². The zero-order valence-electron chi connectivity index (χ0n) is 34.7. The molecular weight excluding hydrogens is 837 g/mol. The predicted molar refractivity (Wildman–Crippen MR) is 234 cm³/mol. The minimum absolute atomic E-state index is 0.0552. The van der Waals surface area contributed by atoms with E-state index in [0.717, 1.165) is 15.7 Å². The van der Waals surface area contributed by atoms with Gasteiger partial charge in [0.15, 0.2) is 11.6 Å². The van der Waals surface area contributed by atoms with Crippen LogP contribution in [-0.4, -0.2) is 121 Å². The van der Waals surface area contributed by atoms with Crippen molar-refractivity contribution in [2.24, 2.45) is 0 Å². The number of urea groups is 1. The van der Waals surface area contributed by atoms with Gasteiger partial charge in [0.2, 0.25) is 11.8 Å². The number of benzene rings is 2. The van der Waals surface area contributed by atoms with Gasteiger partial charge in [0.05, 0.1) is 16.9 Å². The molecule has 0 aliphatic carbocycles. The summed E-state index contributed by atoms with van der Waals surface area (Å²) in [6.45, 7) is 5.07. The highest BCUT2D eigenvalue weighted by Crippen LogP contribution is 2.30. The van der Waals surface area contributed by atoms with Crippen LogP contribution in [0, 0.1) is 11.6 Å². The molecule has 6 heterocycles. The van der Waals surface area contributed by atoms with Crippen LogP contribution in [0.1, 0.15) is 48.5 Å². The molecule has 330 valence electrons. The second-order valence-electron chi connectivity index (χ2n) is 15.7. The van der Waals surface area contributed by atoms with E-state index in [1.807, 2.05) is 17.0 Å². The Morgan fingerprint density at radius 2 is 1.65 bits per heavy atom. The smallest absolute Gasteiger partial charge is 0.317 e. The molecule has 0 spiro atoms. The third-order valence-corrected chi connectivity index (χ3v) is 13.3. The summed E-state index contributed by atoms with van der Waals surface area (Å²) in [6, 6.07) is 13.5. The molecule has 8 rings (SSSR count). The molecule has 1 atom stereocenters. The summed E-state index contributed by atoms with van der Waals surface area (Å²) in [5, 5.41) is 8.91. The van der Waals surface area contributed by atoms with E-state index in [1.165, 1.54) is 37.5 Å². The van der Waals surface area contributed by atoms with Gasteiger partial charge in [-0.2, -0.15) is 12.7 Å². The molecule has 3 aliphatic heterocycles. The number of ketones is 1. The molecule has 0 saturated carbocycles. The van der Waals surface area contributed by atoms with Gasteiger partial charge in [0.1, 0.15) is 23.3 Å². The predicted octanol–water partition coefficient (Wildman–Crippen LogP) is 4.46. The highest BCUT2D eigenvalue weighted by molar-refractivity contribution is 7.90. The molecule has 0 radical (unpaired) electrons. The molecule has 3 aliphatic rings. The number of imide groups is 1. The van der Waals surface area contributed by atoms with Crippen molar-refractivity contribution >= 4 is 67.8 Å². The van der Waals surface area contributed by atoms with Gasteiger partial charge < -0.3 is 30.3 Å². The monoisotopic (exact) mass is 883 g/mol. The molecule has 0 bridgehead atoms. The number of piperazine rings is 1. The number of H-pyrrole nitrogens is 1. The number of carbonyl (C=O) groups is 4. The Balaban J connectivity index is 0.830. The van der Waals surface area contributed by atoms with Crippen LogP contribution in [0.5, 0.6) is 0 Å². The number of rotatable bonds is 12. The molecule has 5 aromatic rings. The number of hydrogen-bond acceptors (Lipinski definition) is 11. The lowest BCUT2D eigenvalue weighted by Crippen LogP contribution is -2.55. The average Bonchev–Trinajstić information content (AvgIpc) is 3.71. The highest BCUT2D eigenvalue weighted by Gasteiger charge is 2.29. The molecule has 3 aromatic heterocycles. The van der Waals surface area contributed by atoms with E-state index in [-0.39, 0.29) is 47.8 Å². The minimum atomic E-state index is -4.02. The number of fused-ring (bicyclic) bond motifs is 1. The summed E-state index contributed by atoms with van der Waals surface area (Å²) in [5.41, 5.74) is 2.27. The topological polar surface area (TPSA) is 205 Å². The van der Waals surface area contributed by atoms with Gasteiger partial charge in [0.25, 0.3) is 0 Å². The molecule has 1 unspecified atom stereocenters. The lowest BCUT2D eigenvalue weighted by molar-refractivity contribution is -0.133. The van der Waals surface area contributed by atoms with Crippen LogP contribution >= 0.6 is 0 Å². The number of aromatic amines is 1. The number of halogens is 2. The van der Waals surface area contributed by atoms with Crippen LogP contribution < -0.4 is 30.5 Å². The maximum atomic E-state index is 15.6. The summed E-state index contributed by atoms with van der Waals surface area (Å²) < 4.78 is 59.1. The first-order chi connectivity index (χ1) is 30.3. The van der Waals surface area contributed by atoms with Crippen LogP contribution in [0.2, 0.25) is 0 Å². The first kappa shape index (κ1) is 43.0. The Kier molecular flexibility index (Phi) is 12.3. The van der Waals surface area contributed by atoms with Crippen LogP contribution in [-0.2, 0) is 19.8 Å². The van der Waals surface area contributed by atoms with Gasteiger partial charge in [-0.15, -0.1) is 0 Å². The number of piperidine rings is 2. The second-order valence-corrected chi connectivity index (χ2v) is 17.5. The van der Waals surface area contributed by atoms with Crippen molar-refractivity contribution in [3.63, 3.8) is 0 Å². The summed E-state index contributed by atoms with van der Waals surface area (Å²) in [6.07, 6.45) is 6.67. The van der Waals surface area contributed by atoms with Crippen LogP contribution in [0.3, 0.4) is 0 Å². The van der Waals surface area contributed by atoms with E-state index in [1.54, 1.807) is 42.4 Å². The average molecular weight is 884 g/mol. The number of aromatic nitrogens is 3. The molecule has 20 heteroatoms. The maximum Gasteiger partial charge on any atom is 0.317 e. The summed E-state index contributed by atoms with van der Waals surface area (Å²) in [7, 11) is -2.66. The van der Waals surface area contributed by atoms with Crippen molar-refractivity contribution in [1.29, 1.82) is 0 Å². The quantitative estimate of drug-likeness (QED) is 0.0875. The third kappa shape index (κ3) is 9.26. The molecule has 17 nitrogen and oxygen atoms in total. The molecule has 3 fully saturated rings. The van der Waals surface area contributed by atoms with Gasteiger partial charge in [-0.05, 0) is 67.8 Å². The summed E-state index contributed by atoms with van der Waals surface area (Å²) in [4.78, 5) is 68.4. The van der Waals surface area contributed by atoms with Gasteiger partial charge in [-0.1, -0.05) is 13.0 Å². The Hall–Kier alpha value is -6.67. The van der Waals surface area contributed by atoms with Crippen LogP contribution in [0.4, 0.5) is 36.5 Å². The van der Waals surface area contributed by atoms with Crippen molar-refractivity contribution < 1.29 is 36.4 Å². The number of anilines is 4. The second kappa shape index (κ2) is 18.0. The van der Waals surface area contributed by atoms with Crippen LogP contribution in [0.25, 0.3) is 22.2 Å². The normalized spacial score (nSPS) is 17.5. The van der Waals surface area contributed by atoms with E-state index in [9.17, 15) is 27.6 Å². The van der Waals surface area contributed by atoms with E-state index in [2.05, 4.69) is 35.5 Å². The fourth-order valence-electron chi connectivity index (χ4n) is 7.97. The lowest BCUT2D eigenvalue weighted by Gasteiger charge is -2.38. The van der Waals surface area contributed by atoms with Gasteiger partial charge >= 0.3 is 16.2 Å². The van der Waals surface area contributed by atoms with Crippen molar-refractivity contribution in [3.8, 4) is 11.1 Å². The zero-order valence-corrected chi connectivity index (χ0v) is 35.5. The Morgan fingerprint density at radius 3 is 2.35 bits per heavy atom. The molecular formula is C43H47F2N11O6S. The van der Waals surface area contributed by atoms with Gasteiger partial charge in [-0.3, -0.25) is 24.4 Å². The number of amides is 4. The van der Waals surface area contributed by atoms with Gasteiger partial charge in [0, 0.05) is 112 Å². The Bertz CT molecular complexity index is 2670. The number of hydrogen-bond donors (Lipinski definition) is 5. The van der Waals surface area contributed by atoms with Crippen molar-refractivity contribution in [1.82, 2.24) is 34.8 Å². The van der Waals surface area contributed by atoms with E-state index >= 15 is 8.78 Å². The van der Waals surface area contributed by atoms with E-state index in [4.69, 9.17) is 4.98 Å². The fourth-order valence-corrected chi connectivity index (χ4v) is 8.90. The molecule has 5 N–H and O–H groups in total. The number of nitrogens with one attached hydrogen (secondary N) is 5. The van der Waals surface area contributed by atoms with Crippen molar-refractivity contribution in [2.75, 3.05) is 72.7 Å². The highest BCUT2D eigenvalue weighted by atomic mass is 32.2. The molecule has 3 saturated heterocycles. The number of nitrogens with zero attached hydrogens (tertiary/aromatic N) is 6.